The molecule has 6 aromatic rings. The number of nitrogens with one attached hydrogen (secondary N) is 4. The fraction of sp³-hybridized carbons (Fsp3) is 0.494. The van der Waals surface area contributed by atoms with Crippen LogP contribution >= 0.6 is 34.5 Å². The lowest BCUT2D eigenvalue weighted by Gasteiger charge is -2.38. The van der Waals surface area contributed by atoms with Gasteiger partial charge in [0.15, 0.2) is 6.10 Å². The Hall–Kier alpha value is -9.11. The molecule has 12 N–H and O–H groups in total. The van der Waals surface area contributed by atoms with Gasteiger partial charge < -0.3 is 120 Å². The maximum atomic E-state index is 14.8. The number of carboxylic acid groups (broad SMARTS) is 1. The van der Waals surface area contributed by atoms with Gasteiger partial charge in [-0.1, -0.05) is 74.5 Å². The van der Waals surface area contributed by atoms with Crippen LogP contribution in [0.1, 0.15) is 81.0 Å². The van der Waals surface area contributed by atoms with E-state index < -0.39 is 96.5 Å². The molecule has 1 saturated heterocycles. The van der Waals surface area contributed by atoms with Gasteiger partial charge in [0.05, 0.1) is 100 Å². The van der Waals surface area contributed by atoms with Crippen molar-refractivity contribution in [3.8, 4) is 11.5 Å². The Morgan fingerprint density at radius 3 is 1.62 bits per heavy atom. The topological polar surface area (TPSA) is 440 Å². The number of thiophene rings is 1. The second kappa shape index (κ2) is 43.4. The molecular formula is C77H98Cl2N10O23S. The largest absolute Gasteiger partial charge is 0.479 e. The third-order valence-corrected chi connectivity index (χ3v) is 20.6. The highest BCUT2D eigenvalue weighted by Crippen LogP contribution is 2.49. The lowest BCUT2D eigenvalue weighted by molar-refractivity contribution is -0.270. The number of aliphatic carboxylic acids is 1. The number of aliphatic hydroxyl groups excluding tert-OH is 3. The number of amides is 9. The molecule has 0 saturated carbocycles. The molecule has 0 radical (unpaired) electrons. The first-order valence-corrected chi connectivity index (χ1v) is 38.9. The predicted molar refractivity (Wildman–Crippen MR) is 418 cm³/mol. The van der Waals surface area contributed by atoms with Crippen LogP contribution in [0.2, 0.25) is 0 Å². The summed E-state index contributed by atoms with van der Waals surface area (Å²) in [5.41, 5.74) is 13.8. The lowest BCUT2D eigenvalue weighted by atomic mass is 9.95. The molecule has 614 valence electrons. The summed E-state index contributed by atoms with van der Waals surface area (Å²) in [7, 11) is 2.99. The molecular weight excluding hydrogens is 1540 g/mol. The SMILES string of the molecule is CC(C)[C@H](NC(=O)CCOCCOCCOCCOCCOCCOCCN)C(=O)N[C@@H](CCCNC(N)=O)C(=O)Nc1ccc(COC(=O)N(C)CCN(C)C(=O)Oc2cc3c(c4ccccc24)[C@H](CCl)CN3C(=O)c2ccc(C(=O)N3C[C@@H](CCl)c4c3cc(O[C@@H]3O[C@H](C(=O)O)[C@@H](O)[C@H](O)[C@H]3O)c3ccccc43)s2)cc1. The molecule has 0 unspecified atom stereocenters. The number of halogens is 2. The number of fused-ring (bicyclic) bond motifs is 6. The van der Waals surface area contributed by atoms with Gasteiger partial charge in [-0.25, -0.2) is 19.2 Å². The number of primary amides is 1. The van der Waals surface area contributed by atoms with Crippen LogP contribution in [0.15, 0.2) is 97.1 Å². The highest BCUT2D eigenvalue weighted by Gasteiger charge is 2.49. The van der Waals surface area contributed by atoms with E-state index in [1.165, 1.54) is 33.7 Å². The lowest BCUT2D eigenvalue weighted by Crippen LogP contribution is -2.61. The van der Waals surface area contributed by atoms with Crippen molar-refractivity contribution in [2.45, 2.75) is 94.3 Å². The number of rotatable bonds is 43. The summed E-state index contributed by atoms with van der Waals surface area (Å²) < 4.78 is 55.9. The van der Waals surface area contributed by atoms with Gasteiger partial charge in [-0.05, 0) is 70.5 Å². The van der Waals surface area contributed by atoms with E-state index in [1.54, 1.807) is 98.8 Å². The van der Waals surface area contributed by atoms with Crippen molar-refractivity contribution < 1.29 is 111 Å². The van der Waals surface area contributed by atoms with Crippen LogP contribution in [0, 0.1) is 5.92 Å². The second-order valence-corrected chi connectivity index (χ2v) is 28.9. The molecule has 0 aliphatic carbocycles. The number of hydrogen-bond donors (Lipinski definition) is 10. The van der Waals surface area contributed by atoms with E-state index in [4.69, 9.17) is 82.0 Å². The molecule has 9 rings (SSSR count). The molecule has 3 aliphatic rings. The first-order chi connectivity index (χ1) is 54.4. The Morgan fingerprint density at radius 2 is 1.12 bits per heavy atom. The minimum Gasteiger partial charge on any atom is -0.479 e. The van der Waals surface area contributed by atoms with E-state index in [9.17, 15) is 63.6 Å². The summed E-state index contributed by atoms with van der Waals surface area (Å²) in [6, 6.07) is 24.0. The number of aliphatic hydroxyl groups is 3. The van der Waals surface area contributed by atoms with Crippen molar-refractivity contribution in [3.05, 3.63) is 124 Å². The molecule has 5 aromatic carbocycles. The summed E-state index contributed by atoms with van der Waals surface area (Å²) in [6.45, 7) is 8.58. The second-order valence-electron chi connectivity index (χ2n) is 27.2. The van der Waals surface area contributed by atoms with Gasteiger partial charge in [-0.2, -0.15) is 0 Å². The zero-order chi connectivity index (χ0) is 81.3. The summed E-state index contributed by atoms with van der Waals surface area (Å²) in [4.78, 5) is 127. The van der Waals surface area contributed by atoms with Gasteiger partial charge in [-0.3, -0.25) is 24.0 Å². The fourth-order valence-electron chi connectivity index (χ4n) is 12.9. The number of likely N-dealkylation sites (N-methyl/N-ethyl adjacent to an activating group) is 2. The number of carbonyl (C=O) groups excluding carboxylic acids is 8. The van der Waals surface area contributed by atoms with Crippen molar-refractivity contribution in [3.63, 3.8) is 0 Å². The molecule has 1 aromatic heterocycles. The van der Waals surface area contributed by atoms with Crippen molar-refractivity contribution in [2.24, 2.45) is 17.4 Å². The monoisotopic (exact) mass is 1630 g/mol. The third-order valence-electron chi connectivity index (χ3n) is 18.8. The average Bonchev–Trinajstić information content (AvgIpc) is 1.62. The molecule has 3 aliphatic heterocycles. The predicted octanol–water partition coefficient (Wildman–Crippen LogP) is 5.45. The van der Waals surface area contributed by atoms with Crippen molar-refractivity contribution in [1.29, 1.82) is 0 Å². The van der Waals surface area contributed by atoms with Gasteiger partial charge in [0.2, 0.25) is 24.0 Å². The maximum absolute atomic E-state index is 14.8. The molecule has 9 atom stereocenters. The van der Waals surface area contributed by atoms with Crippen molar-refractivity contribution >= 4 is 127 Å². The number of benzene rings is 5. The van der Waals surface area contributed by atoms with Crippen molar-refractivity contribution in [1.82, 2.24) is 25.8 Å². The van der Waals surface area contributed by atoms with Crippen LogP contribution in [0.25, 0.3) is 21.5 Å². The maximum Gasteiger partial charge on any atom is 0.415 e. The summed E-state index contributed by atoms with van der Waals surface area (Å²) in [5, 5.41) is 54.7. The van der Waals surface area contributed by atoms with E-state index in [2.05, 4.69) is 21.3 Å². The molecule has 33 nitrogen and oxygen atoms in total. The summed E-state index contributed by atoms with van der Waals surface area (Å²) in [6.07, 6.45) is -10.6. The highest BCUT2D eigenvalue weighted by atomic mass is 35.5. The van der Waals surface area contributed by atoms with E-state index in [0.29, 0.717) is 116 Å². The molecule has 1 fully saturated rings. The van der Waals surface area contributed by atoms with Crippen LogP contribution < -0.4 is 52.0 Å². The highest BCUT2D eigenvalue weighted by molar-refractivity contribution is 7.16. The number of urea groups is 1. The van der Waals surface area contributed by atoms with Crippen LogP contribution in [-0.2, 0) is 63.7 Å². The Balaban J connectivity index is 0.740. The zero-order valence-corrected chi connectivity index (χ0v) is 65.5. The molecule has 113 heavy (non-hydrogen) atoms. The quantitative estimate of drug-likeness (QED) is 0.0168. The average molecular weight is 1630 g/mol. The number of ether oxygens (including phenoxy) is 10. The van der Waals surface area contributed by atoms with E-state index in [-0.39, 0.29) is 129 Å². The number of hydrogen-bond acceptors (Lipinski definition) is 24. The minimum atomic E-state index is -1.95. The zero-order valence-electron chi connectivity index (χ0n) is 63.1. The van der Waals surface area contributed by atoms with Gasteiger partial charge in [-0.15, -0.1) is 34.5 Å². The number of anilines is 3. The van der Waals surface area contributed by atoms with E-state index in [1.807, 2.05) is 12.1 Å². The Labute approximate surface area is 666 Å². The van der Waals surface area contributed by atoms with Crippen LogP contribution in [0.4, 0.5) is 31.4 Å². The van der Waals surface area contributed by atoms with Crippen molar-refractivity contribution in [2.75, 3.05) is 160 Å². The molecule has 4 heterocycles. The Kier molecular flexibility index (Phi) is 33.7. The first kappa shape index (κ1) is 87.8. The molecule has 36 heteroatoms. The van der Waals surface area contributed by atoms with Gasteiger partial charge in [0.1, 0.15) is 48.5 Å². The van der Waals surface area contributed by atoms with Gasteiger partial charge in [0, 0.05) is 112 Å². The molecule has 9 amide bonds. The van der Waals surface area contributed by atoms with Crippen LogP contribution in [0.5, 0.6) is 11.5 Å². The fourth-order valence-corrected chi connectivity index (χ4v) is 14.3. The summed E-state index contributed by atoms with van der Waals surface area (Å²) >= 11 is 14.2. The molecule has 0 spiro atoms. The standard InChI is InChI=1S/C77H98Cl2N10O23S/c1-45(2)64(85-61(90)21-26-103-28-30-105-32-34-107-36-37-108-35-33-106-31-29-104-27-22-80)70(95)84-54(14-9-23-82-75(81)100)69(94)83-49-17-15-46(16-18-49)44-109-76(101)86(3)24-25-87(4)77(102)111-58-39-56-63(53-13-8-6-11-51(53)58)48(41-79)43-89(56)72(97)60-20-19-59(113-60)71(96)88-42-47(40-78)62-52-12-7-5-10-50(52)57(38-55(62)88)110-74-67(93)65(91)66(92)68(112-74)73(98)99/h5-8,10-13,15-20,38-39,45,47-48,54,64-68,74,91-93H,9,14,21-37,40-44,80H2,1-4H3,(H,83,94)(H,84,95)(H,85,90)(H,98,99)(H3,81,82,100)/t47-,48-,54+,64+,65+,66+,67-,68+,74-/m1/s1. The van der Waals surface area contributed by atoms with Crippen LogP contribution in [0.3, 0.4) is 0 Å². The van der Waals surface area contributed by atoms with E-state index in [0.717, 1.165) is 16.9 Å². The third kappa shape index (κ3) is 23.8. The number of nitrogens with zero attached hydrogens (tertiary/aromatic N) is 4. The Morgan fingerprint density at radius 1 is 0.619 bits per heavy atom. The van der Waals surface area contributed by atoms with Gasteiger partial charge in [0.25, 0.3) is 11.8 Å². The minimum absolute atomic E-state index is 0.00179. The normalized spacial score (nSPS) is 18.3. The number of alkyl halides is 2. The summed E-state index contributed by atoms with van der Waals surface area (Å²) in [5.74, 6) is -4.84. The Bertz CT molecular complexity index is 4240. The molecule has 0 bridgehead atoms. The first-order valence-electron chi connectivity index (χ1n) is 37.0. The van der Waals surface area contributed by atoms with Gasteiger partial charge >= 0.3 is 24.2 Å². The number of carbonyl (C=O) groups is 9. The van der Waals surface area contributed by atoms with E-state index >= 15 is 0 Å². The smallest absolute Gasteiger partial charge is 0.415 e. The number of nitrogens with two attached hydrogens (primary N) is 2. The number of carboxylic acids is 1. The van der Waals surface area contributed by atoms with Crippen LogP contribution in [-0.4, -0.2) is 271 Å².